The van der Waals surface area contributed by atoms with Gasteiger partial charge in [0.05, 0.1) is 9.82 Å². The predicted octanol–water partition coefficient (Wildman–Crippen LogP) is 1.53. The van der Waals surface area contributed by atoms with E-state index in [9.17, 15) is 18.5 Å². The summed E-state index contributed by atoms with van der Waals surface area (Å²) in [5.74, 6) is 0.232. The molecule has 0 saturated carbocycles. The lowest BCUT2D eigenvalue weighted by atomic mass is 10.0. The van der Waals surface area contributed by atoms with Gasteiger partial charge in [-0.3, -0.25) is 10.1 Å². The van der Waals surface area contributed by atoms with Crippen LogP contribution in [-0.4, -0.2) is 33.0 Å². The Bertz CT molecular complexity index is 629. The second-order valence-corrected chi connectivity index (χ2v) is 7.11. The standard InChI is InChI=1S/C12H16ClN3O4S/c13-11-4-3-10(6-12(11)16(17)18)21(19,20)15-8-9-2-1-5-14-7-9/h3-4,6,9,14-15H,1-2,5,7-8H2. The van der Waals surface area contributed by atoms with E-state index < -0.39 is 20.6 Å². The molecule has 1 aromatic rings. The molecule has 0 spiro atoms. The summed E-state index contributed by atoms with van der Waals surface area (Å²) in [6.07, 6.45) is 1.97. The molecule has 0 amide bonds. The molecular formula is C12H16ClN3O4S. The van der Waals surface area contributed by atoms with E-state index in [0.717, 1.165) is 32.0 Å². The summed E-state index contributed by atoms with van der Waals surface area (Å²) in [6, 6.07) is 3.46. The Balaban J connectivity index is 2.11. The van der Waals surface area contributed by atoms with Crippen LogP contribution in [0.2, 0.25) is 5.02 Å². The molecule has 7 nitrogen and oxygen atoms in total. The molecule has 1 aliphatic rings. The Kier molecular flexibility index (Phi) is 5.15. The van der Waals surface area contributed by atoms with Crippen molar-refractivity contribution in [1.29, 1.82) is 0 Å². The van der Waals surface area contributed by atoms with Gasteiger partial charge >= 0.3 is 0 Å². The number of nitrogens with one attached hydrogen (secondary N) is 2. The van der Waals surface area contributed by atoms with Crippen LogP contribution in [0.1, 0.15) is 12.8 Å². The predicted molar refractivity (Wildman–Crippen MR) is 78.9 cm³/mol. The van der Waals surface area contributed by atoms with Crippen molar-refractivity contribution >= 4 is 27.3 Å². The lowest BCUT2D eigenvalue weighted by Gasteiger charge is -2.22. The minimum Gasteiger partial charge on any atom is -0.316 e. The number of nitro benzene ring substituents is 1. The maximum Gasteiger partial charge on any atom is 0.289 e. The summed E-state index contributed by atoms with van der Waals surface area (Å²) in [5, 5.41) is 13.9. The zero-order valence-corrected chi connectivity index (χ0v) is 12.8. The van der Waals surface area contributed by atoms with Gasteiger partial charge in [-0.2, -0.15) is 0 Å². The van der Waals surface area contributed by atoms with E-state index >= 15 is 0 Å². The molecule has 2 N–H and O–H groups in total. The number of nitro groups is 1. The fourth-order valence-corrected chi connectivity index (χ4v) is 3.53. The quantitative estimate of drug-likeness (QED) is 0.628. The topological polar surface area (TPSA) is 101 Å². The third-order valence-corrected chi connectivity index (χ3v) is 5.13. The van der Waals surface area contributed by atoms with Gasteiger partial charge < -0.3 is 5.32 Å². The first-order valence-corrected chi connectivity index (χ1v) is 8.40. The highest BCUT2D eigenvalue weighted by Crippen LogP contribution is 2.27. The minimum absolute atomic E-state index is 0.0876. The number of halogens is 1. The van der Waals surface area contributed by atoms with E-state index in [1.807, 2.05) is 0 Å². The molecule has 0 aromatic heterocycles. The average Bonchev–Trinajstić information content (AvgIpc) is 2.46. The van der Waals surface area contributed by atoms with E-state index in [4.69, 9.17) is 11.6 Å². The van der Waals surface area contributed by atoms with Crippen molar-refractivity contribution in [2.75, 3.05) is 19.6 Å². The highest BCUT2D eigenvalue weighted by Gasteiger charge is 2.22. The molecular weight excluding hydrogens is 318 g/mol. The van der Waals surface area contributed by atoms with Crippen LogP contribution in [-0.2, 0) is 10.0 Å². The van der Waals surface area contributed by atoms with Crippen LogP contribution in [0.15, 0.2) is 23.1 Å². The number of nitrogens with zero attached hydrogens (tertiary/aromatic N) is 1. The molecule has 1 atom stereocenters. The lowest BCUT2D eigenvalue weighted by Crippen LogP contribution is -2.38. The summed E-state index contributed by atoms with van der Waals surface area (Å²) in [5.41, 5.74) is -0.418. The van der Waals surface area contributed by atoms with Crippen molar-refractivity contribution in [2.45, 2.75) is 17.7 Å². The number of hydrogen-bond donors (Lipinski definition) is 2. The van der Waals surface area contributed by atoms with Gasteiger partial charge in [0.25, 0.3) is 5.69 Å². The molecule has 9 heteroatoms. The van der Waals surface area contributed by atoms with Crippen LogP contribution in [0.3, 0.4) is 0 Å². The fraction of sp³-hybridized carbons (Fsp3) is 0.500. The van der Waals surface area contributed by atoms with Crippen LogP contribution in [0, 0.1) is 16.0 Å². The van der Waals surface area contributed by atoms with Gasteiger partial charge in [-0.15, -0.1) is 0 Å². The van der Waals surface area contributed by atoms with Crippen LogP contribution in [0.25, 0.3) is 0 Å². The van der Waals surface area contributed by atoms with Gasteiger partial charge in [-0.1, -0.05) is 11.6 Å². The van der Waals surface area contributed by atoms with E-state index in [2.05, 4.69) is 10.0 Å². The molecule has 116 valence electrons. The molecule has 0 aliphatic carbocycles. The molecule has 1 aliphatic heterocycles. The molecule has 21 heavy (non-hydrogen) atoms. The highest BCUT2D eigenvalue weighted by atomic mass is 35.5. The normalized spacial score (nSPS) is 19.4. The van der Waals surface area contributed by atoms with Crippen molar-refractivity contribution in [2.24, 2.45) is 5.92 Å². The van der Waals surface area contributed by atoms with Crippen LogP contribution in [0.4, 0.5) is 5.69 Å². The Morgan fingerprint density at radius 3 is 2.86 bits per heavy atom. The number of piperidine rings is 1. The lowest BCUT2D eigenvalue weighted by molar-refractivity contribution is -0.384. The Morgan fingerprint density at radius 2 is 2.24 bits per heavy atom. The molecule has 1 unspecified atom stereocenters. The van der Waals surface area contributed by atoms with Gasteiger partial charge in [0.2, 0.25) is 10.0 Å². The van der Waals surface area contributed by atoms with E-state index in [1.165, 1.54) is 12.1 Å². The van der Waals surface area contributed by atoms with Crippen LogP contribution in [0.5, 0.6) is 0 Å². The summed E-state index contributed by atoms with van der Waals surface area (Å²) >= 11 is 5.67. The van der Waals surface area contributed by atoms with E-state index in [0.29, 0.717) is 6.54 Å². The summed E-state index contributed by atoms with van der Waals surface area (Å²) < 4.78 is 26.8. The van der Waals surface area contributed by atoms with Gasteiger partial charge in [0.1, 0.15) is 5.02 Å². The second kappa shape index (κ2) is 6.69. The molecule has 1 fully saturated rings. The van der Waals surface area contributed by atoms with Crippen molar-refractivity contribution in [1.82, 2.24) is 10.0 Å². The first kappa shape index (κ1) is 16.2. The third kappa shape index (κ3) is 4.13. The van der Waals surface area contributed by atoms with Crippen molar-refractivity contribution in [3.05, 3.63) is 33.3 Å². The van der Waals surface area contributed by atoms with Crippen molar-refractivity contribution in [3.8, 4) is 0 Å². The average molecular weight is 334 g/mol. The van der Waals surface area contributed by atoms with Gasteiger partial charge in [-0.05, 0) is 44.0 Å². The molecule has 1 heterocycles. The fourth-order valence-electron chi connectivity index (χ4n) is 2.21. The molecule has 0 radical (unpaired) electrons. The van der Waals surface area contributed by atoms with Gasteiger partial charge in [0, 0.05) is 12.6 Å². The third-order valence-electron chi connectivity index (χ3n) is 3.39. The van der Waals surface area contributed by atoms with Gasteiger partial charge in [0.15, 0.2) is 0 Å². The zero-order valence-electron chi connectivity index (χ0n) is 11.2. The van der Waals surface area contributed by atoms with Crippen LogP contribution < -0.4 is 10.0 Å². The van der Waals surface area contributed by atoms with Gasteiger partial charge in [-0.25, -0.2) is 13.1 Å². The summed E-state index contributed by atoms with van der Waals surface area (Å²) in [6.45, 7) is 2.03. The highest BCUT2D eigenvalue weighted by molar-refractivity contribution is 7.89. The molecule has 2 rings (SSSR count). The number of hydrogen-bond acceptors (Lipinski definition) is 5. The van der Waals surface area contributed by atoms with Crippen LogP contribution >= 0.6 is 11.6 Å². The first-order chi connectivity index (χ1) is 9.90. The molecule has 1 saturated heterocycles. The Labute approximate surface area is 127 Å². The van der Waals surface area contributed by atoms with E-state index in [-0.39, 0.29) is 15.8 Å². The Hall–Kier alpha value is -1.22. The summed E-state index contributed by atoms with van der Waals surface area (Å²) in [4.78, 5) is 9.95. The smallest absolute Gasteiger partial charge is 0.289 e. The number of rotatable bonds is 5. The second-order valence-electron chi connectivity index (χ2n) is 4.93. The first-order valence-electron chi connectivity index (χ1n) is 6.54. The maximum atomic E-state index is 12.2. The molecule has 1 aromatic carbocycles. The van der Waals surface area contributed by atoms with Crippen molar-refractivity contribution < 1.29 is 13.3 Å². The Morgan fingerprint density at radius 1 is 1.48 bits per heavy atom. The minimum atomic E-state index is -3.77. The maximum absolute atomic E-state index is 12.2. The molecule has 0 bridgehead atoms. The number of sulfonamides is 1. The van der Waals surface area contributed by atoms with Crippen molar-refractivity contribution in [3.63, 3.8) is 0 Å². The SMILES string of the molecule is O=[N+]([O-])c1cc(S(=O)(=O)NCC2CCCNC2)ccc1Cl. The summed E-state index contributed by atoms with van der Waals surface area (Å²) in [7, 11) is -3.77. The zero-order chi connectivity index (χ0) is 15.5. The largest absolute Gasteiger partial charge is 0.316 e. The number of benzene rings is 1. The monoisotopic (exact) mass is 333 g/mol. The van der Waals surface area contributed by atoms with E-state index in [1.54, 1.807) is 0 Å².